The predicted octanol–water partition coefficient (Wildman–Crippen LogP) is 2.76. The van der Waals surface area contributed by atoms with Crippen LogP contribution in [0.15, 0.2) is 42.5 Å². The van der Waals surface area contributed by atoms with E-state index < -0.39 is 0 Å². The van der Waals surface area contributed by atoms with E-state index in [0.29, 0.717) is 0 Å². The molecule has 2 radical (unpaired) electrons. The fourth-order valence-electron chi connectivity index (χ4n) is 1.57. The summed E-state index contributed by atoms with van der Waals surface area (Å²) in [7, 11) is 5.89. The van der Waals surface area contributed by atoms with Crippen molar-refractivity contribution in [1.82, 2.24) is 0 Å². The molecule has 0 saturated heterocycles. The number of aryl methyl sites for hydroxylation is 2. The Labute approximate surface area is 92.4 Å². The minimum atomic E-state index is 0.855. The molecule has 0 fully saturated rings. The van der Waals surface area contributed by atoms with Crippen molar-refractivity contribution in [2.45, 2.75) is 13.8 Å². The summed E-state index contributed by atoms with van der Waals surface area (Å²) in [4.78, 5) is 0. The molecule has 2 rings (SSSR count). The van der Waals surface area contributed by atoms with Gasteiger partial charge in [-0.05, 0) is 25.0 Å². The third-order valence-electron chi connectivity index (χ3n) is 2.66. The molecule has 0 heterocycles. The van der Waals surface area contributed by atoms with Gasteiger partial charge in [0.15, 0.2) is 0 Å². The molecule has 15 heavy (non-hydrogen) atoms. The summed E-state index contributed by atoms with van der Waals surface area (Å²) in [5, 5.41) is 0. The molecule has 0 amide bonds. The lowest BCUT2D eigenvalue weighted by atomic mass is 9.88. The maximum atomic E-state index is 5.89. The van der Waals surface area contributed by atoms with Crippen molar-refractivity contribution >= 4 is 13.3 Å². The molecule has 0 bridgehead atoms. The highest BCUT2D eigenvalue weighted by molar-refractivity contribution is 6.33. The molecule has 0 aromatic heterocycles. The van der Waals surface area contributed by atoms with Crippen LogP contribution in [0.2, 0.25) is 0 Å². The van der Waals surface area contributed by atoms with Crippen LogP contribution in [0.5, 0.6) is 0 Å². The first-order valence-electron chi connectivity index (χ1n) is 5.10. The molecular formula is C14H13B. The summed E-state index contributed by atoms with van der Waals surface area (Å²) in [6.45, 7) is 4.11. The smallest absolute Gasteiger partial charge is 0.0932 e. The van der Waals surface area contributed by atoms with Gasteiger partial charge in [-0.2, -0.15) is 0 Å². The fourth-order valence-corrected chi connectivity index (χ4v) is 1.57. The maximum absolute atomic E-state index is 5.89. The monoisotopic (exact) mass is 192 g/mol. The highest BCUT2D eigenvalue weighted by Crippen LogP contribution is 2.18. The number of hydrogen-bond donors (Lipinski definition) is 0. The average Bonchev–Trinajstić information content (AvgIpc) is 2.23. The molecule has 1 heteroatoms. The van der Waals surface area contributed by atoms with Crippen molar-refractivity contribution in [3.05, 3.63) is 53.6 Å². The third-order valence-corrected chi connectivity index (χ3v) is 2.66. The average molecular weight is 192 g/mol. The van der Waals surface area contributed by atoms with Crippen molar-refractivity contribution in [3.63, 3.8) is 0 Å². The lowest BCUT2D eigenvalue weighted by Crippen LogP contribution is -2.06. The number of benzene rings is 2. The predicted molar refractivity (Wildman–Crippen MR) is 66.7 cm³/mol. The molecule has 0 aliphatic rings. The Hall–Kier alpha value is -1.50. The van der Waals surface area contributed by atoms with E-state index in [2.05, 4.69) is 43.3 Å². The largest absolute Gasteiger partial charge is 0.114 e. The second-order valence-electron chi connectivity index (χ2n) is 3.94. The van der Waals surface area contributed by atoms with Crippen LogP contribution in [0.25, 0.3) is 11.1 Å². The topological polar surface area (TPSA) is 0 Å². The lowest BCUT2D eigenvalue weighted by Gasteiger charge is -2.06. The first kappa shape index (κ1) is 10.0. The van der Waals surface area contributed by atoms with E-state index in [1.54, 1.807) is 0 Å². The molecule has 72 valence electrons. The summed E-state index contributed by atoms with van der Waals surface area (Å²) < 4.78 is 0. The normalized spacial score (nSPS) is 10.3. The molecule has 0 aliphatic heterocycles. The van der Waals surface area contributed by atoms with Gasteiger partial charge in [-0.25, -0.2) is 0 Å². The molecule has 0 atom stereocenters. The van der Waals surface area contributed by atoms with Gasteiger partial charge in [0.2, 0.25) is 0 Å². The minimum Gasteiger partial charge on any atom is -0.0932 e. The van der Waals surface area contributed by atoms with Crippen molar-refractivity contribution in [3.8, 4) is 11.1 Å². The van der Waals surface area contributed by atoms with Crippen LogP contribution < -0.4 is 5.46 Å². The highest BCUT2D eigenvalue weighted by atomic mass is 14.0. The highest BCUT2D eigenvalue weighted by Gasteiger charge is 1.98. The van der Waals surface area contributed by atoms with Gasteiger partial charge in [0.05, 0.1) is 0 Å². The van der Waals surface area contributed by atoms with Gasteiger partial charge in [-0.1, -0.05) is 59.1 Å². The Kier molecular flexibility index (Phi) is 2.63. The lowest BCUT2D eigenvalue weighted by molar-refractivity contribution is 1.46. The Morgan fingerprint density at radius 1 is 0.800 bits per heavy atom. The van der Waals surface area contributed by atoms with Crippen molar-refractivity contribution in [2.75, 3.05) is 0 Å². The van der Waals surface area contributed by atoms with E-state index in [1.807, 2.05) is 13.0 Å². The number of rotatable bonds is 1. The Morgan fingerprint density at radius 2 is 1.40 bits per heavy atom. The molecule has 0 aliphatic carbocycles. The van der Waals surface area contributed by atoms with Gasteiger partial charge in [0, 0.05) is 0 Å². The molecule has 0 saturated carbocycles. The van der Waals surface area contributed by atoms with E-state index in [4.69, 9.17) is 7.85 Å². The summed E-state index contributed by atoms with van der Waals surface area (Å²) in [5.74, 6) is 0. The van der Waals surface area contributed by atoms with Crippen LogP contribution in [0, 0.1) is 13.8 Å². The quantitative estimate of drug-likeness (QED) is 0.609. The molecule has 0 spiro atoms. The zero-order valence-corrected chi connectivity index (χ0v) is 9.12. The van der Waals surface area contributed by atoms with Gasteiger partial charge in [-0.15, -0.1) is 0 Å². The molecule has 0 unspecified atom stereocenters. The summed E-state index contributed by atoms with van der Waals surface area (Å²) in [6.07, 6.45) is 0. The van der Waals surface area contributed by atoms with Gasteiger partial charge < -0.3 is 0 Å². The zero-order valence-electron chi connectivity index (χ0n) is 9.12. The number of hydrogen-bond acceptors (Lipinski definition) is 0. The molecule has 0 nitrogen and oxygen atoms in total. The van der Waals surface area contributed by atoms with Crippen LogP contribution in [-0.2, 0) is 0 Å². The van der Waals surface area contributed by atoms with Crippen molar-refractivity contribution in [1.29, 1.82) is 0 Å². The molecule has 2 aromatic rings. The molecular weight excluding hydrogens is 179 g/mol. The standard InChI is InChI=1S/C14H13B/c1-10-3-6-12(7-4-10)13-8-5-11(2)14(15)9-13/h3-9H,1-2H3. The van der Waals surface area contributed by atoms with Crippen molar-refractivity contribution < 1.29 is 0 Å². The first-order valence-corrected chi connectivity index (χ1v) is 5.10. The second-order valence-corrected chi connectivity index (χ2v) is 3.94. The Morgan fingerprint density at radius 3 is 2.00 bits per heavy atom. The van der Waals surface area contributed by atoms with Gasteiger partial charge in [-0.3, -0.25) is 0 Å². The minimum absolute atomic E-state index is 0.855. The van der Waals surface area contributed by atoms with E-state index in [-0.39, 0.29) is 0 Å². The van der Waals surface area contributed by atoms with Crippen LogP contribution in [0.1, 0.15) is 11.1 Å². The van der Waals surface area contributed by atoms with E-state index in [0.717, 1.165) is 11.0 Å². The van der Waals surface area contributed by atoms with Gasteiger partial charge >= 0.3 is 0 Å². The second kappa shape index (κ2) is 3.94. The Bertz CT molecular complexity index is 469. The Balaban J connectivity index is 2.45. The summed E-state index contributed by atoms with van der Waals surface area (Å²) >= 11 is 0. The molecule has 2 aromatic carbocycles. The van der Waals surface area contributed by atoms with E-state index in [1.165, 1.54) is 16.7 Å². The fraction of sp³-hybridized carbons (Fsp3) is 0.143. The van der Waals surface area contributed by atoms with Crippen LogP contribution in [0.4, 0.5) is 0 Å². The van der Waals surface area contributed by atoms with Crippen LogP contribution in [-0.4, -0.2) is 7.85 Å². The van der Waals surface area contributed by atoms with Crippen LogP contribution in [0.3, 0.4) is 0 Å². The van der Waals surface area contributed by atoms with E-state index in [9.17, 15) is 0 Å². The van der Waals surface area contributed by atoms with Crippen LogP contribution >= 0.6 is 0 Å². The zero-order chi connectivity index (χ0) is 10.8. The summed E-state index contributed by atoms with van der Waals surface area (Å²) in [5.41, 5.74) is 5.66. The molecule has 0 N–H and O–H groups in total. The van der Waals surface area contributed by atoms with E-state index >= 15 is 0 Å². The summed E-state index contributed by atoms with van der Waals surface area (Å²) in [6, 6.07) is 14.7. The third kappa shape index (κ3) is 2.12. The van der Waals surface area contributed by atoms with Gasteiger partial charge in [0.1, 0.15) is 7.85 Å². The SMILES string of the molecule is [B]c1cc(-c2ccc(C)cc2)ccc1C. The maximum Gasteiger partial charge on any atom is 0.114 e. The van der Waals surface area contributed by atoms with Gasteiger partial charge in [0.25, 0.3) is 0 Å². The van der Waals surface area contributed by atoms with Crippen molar-refractivity contribution in [2.24, 2.45) is 0 Å². The first-order chi connectivity index (χ1) is 7.16.